The normalized spacial score (nSPS) is 16.7. The van der Waals surface area contributed by atoms with E-state index >= 15 is 0 Å². The lowest BCUT2D eigenvalue weighted by molar-refractivity contribution is 0.0987. The van der Waals surface area contributed by atoms with Crippen molar-refractivity contribution in [3.63, 3.8) is 0 Å². The summed E-state index contributed by atoms with van der Waals surface area (Å²) in [5.41, 5.74) is 4.54. The van der Waals surface area contributed by atoms with Crippen LogP contribution in [0.15, 0.2) is 53.0 Å². The van der Waals surface area contributed by atoms with Crippen LogP contribution in [0.4, 0.5) is 5.82 Å². The van der Waals surface area contributed by atoms with Gasteiger partial charge in [-0.2, -0.15) is 0 Å². The maximum Gasteiger partial charge on any atom is 0.250 e. The number of aromatic nitrogens is 5. The van der Waals surface area contributed by atoms with Gasteiger partial charge in [-0.1, -0.05) is 0 Å². The van der Waals surface area contributed by atoms with Crippen molar-refractivity contribution in [2.24, 2.45) is 7.05 Å². The average Bonchev–Trinajstić information content (AvgIpc) is 3.48. The van der Waals surface area contributed by atoms with Gasteiger partial charge in [0, 0.05) is 65.7 Å². The van der Waals surface area contributed by atoms with Gasteiger partial charge in [-0.25, -0.2) is 15.0 Å². The zero-order valence-corrected chi connectivity index (χ0v) is 19.1. The number of aromatic amines is 1. The highest BCUT2D eigenvalue weighted by Crippen LogP contribution is 2.40. The highest BCUT2D eigenvalue weighted by Gasteiger charge is 2.26. The summed E-state index contributed by atoms with van der Waals surface area (Å²) in [6.45, 7) is 4.26. The number of pyridine rings is 2. The zero-order valence-electron chi connectivity index (χ0n) is 18.3. The lowest BCUT2D eigenvalue weighted by Gasteiger charge is -2.34. The molecule has 0 radical (unpaired) electrons. The topological polar surface area (TPSA) is 88.9 Å². The zero-order chi connectivity index (χ0) is 22.5. The van der Waals surface area contributed by atoms with Gasteiger partial charge in [0.05, 0.1) is 29.5 Å². The number of aryl methyl sites for hydroxylation is 1. The van der Waals surface area contributed by atoms with E-state index in [2.05, 4.69) is 27.2 Å². The standard InChI is InChI=1S/C24H22N6O2S/c1-14-12-32-10-9-30(14)24-21-20(18(13-33-21)15-3-4-19(31)29(2)11-15)27-23(28-24)17-6-8-26-22-16(17)5-7-25-22/h3-8,11,13-14H,9-10,12H2,1-2H3,(H,25,26)/t14-/m1/s1. The monoisotopic (exact) mass is 458 g/mol. The molecular weight excluding hydrogens is 436 g/mol. The Bertz CT molecular complexity index is 1550. The molecule has 8 nitrogen and oxygen atoms in total. The van der Waals surface area contributed by atoms with Gasteiger partial charge in [-0.3, -0.25) is 4.79 Å². The van der Waals surface area contributed by atoms with E-state index in [0.29, 0.717) is 19.0 Å². The molecule has 5 aromatic heterocycles. The van der Waals surface area contributed by atoms with E-state index in [1.54, 1.807) is 35.2 Å². The number of ether oxygens (including phenoxy) is 1. The smallest absolute Gasteiger partial charge is 0.250 e. The van der Waals surface area contributed by atoms with Crippen molar-refractivity contribution < 1.29 is 4.74 Å². The van der Waals surface area contributed by atoms with Crippen molar-refractivity contribution in [2.75, 3.05) is 24.7 Å². The molecule has 0 aromatic carbocycles. The van der Waals surface area contributed by atoms with Crippen LogP contribution in [0.1, 0.15) is 6.92 Å². The first-order valence-corrected chi connectivity index (χ1v) is 11.7. The van der Waals surface area contributed by atoms with E-state index in [9.17, 15) is 4.79 Å². The van der Waals surface area contributed by atoms with Gasteiger partial charge < -0.3 is 19.2 Å². The Morgan fingerprint density at radius 2 is 2.09 bits per heavy atom. The van der Waals surface area contributed by atoms with Crippen molar-refractivity contribution in [3.05, 3.63) is 58.6 Å². The summed E-state index contributed by atoms with van der Waals surface area (Å²) in [5, 5.41) is 3.09. The van der Waals surface area contributed by atoms with Crippen LogP contribution in [0.3, 0.4) is 0 Å². The maximum atomic E-state index is 12.0. The number of nitrogens with one attached hydrogen (secondary N) is 1. The van der Waals surface area contributed by atoms with Gasteiger partial charge in [0.15, 0.2) is 11.6 Å². The van der Waals surface area contributed by atoms with Crippen LogP contribution in [0.5, 0.6) is 0 Å². The third-order valence-corrected chi connectivity index (χ3v) is 7.10. The molecule has 0 saturated carbocycles. The molecule has 0 unspecified atom stereocenters. The minimum Gasteiger partial charge on any atom is -0.377 e. The second kappa shape index (κ2) is 7.79. The third-order valence-electron chi connectivity index (χ3n) is 6.14. The molecule has 0 spiro atoms. The van der Waals surface area contributed by atoms with E-state index < -0.39 is 0 Å². The molecule has 33 heavy (non-hydrogen) atoms. The Morgan fingerprint density at radius 1 is 1.18 bits per heavy atom. The molecule has 1 atom stereocenters. The summed E-state index contributed by atoms with van der Waals surface area (Å²) in [6.07, 6.45) is 5.52. The first-order chi connectivity index (χ1) is 16.1. The van der Waals surface area contributed by atoms with Crippen LogP contribution in [-0.2, 0) is 11.8 Å². The SMILES string of the molecule is C[C@@H]1COCCN1c1nc(-c2ccnc3[nH]ccc23)nc2c(-c3ccc(=O)n(C)c3)csc12. The number of anilines is 1. The molecule has 166 valence electrons. The van der Waals surface area contributed by atoms with Crippen molar-refractivity contribution in [2.45, 2.75) is 13.0 Å². The van der Waals surface area contributed by atoms with Gasteiger partial charge in [0.1, 0.15) is 5.65 Å². The third kappa shape index (κ3) is 3.32. The van der Waals surface area contributed by atoms with Crippen LogP contribution in [0.2, 0.25) is 0 Å². The van der Waals surface area contributed by atoms with Crippen molar-refractivity contribution in [3.8, 4) is 22.5 Å². The molecule has 6 rings (SSSR count). The summed E-state index contributed by atoms with van der Waals surface area (Å²) in [5.74, 6) is 1.58. The number of rotatable bonds is 3. The Labute approximate surface area is 193 Å². The van der Waals surface area contributed by atoms with Crippen LogP contribution in [0, 0.1) is 0 Å². The lowest BCUT2D eigenvalue weighted by Crippen LogP contribution is -2.44. The number of H-pyrrole nitrogens is 1. The van der Waals surface area contributed by atoms with E-state index in [-0.39, 0.29) is 11.6 Å². The minimum absolute atomic E-state index is 0.0388. The van der Waals surface area contributed by atoms with Crippen molar-refractivity contribution >= 4 is 38.4 Å². The average molecular weight is 459 g/mol. The Hall–Kier alpha value is -3.56. The molecule has 1 aliphatic heterocycles. The Morgan fingerprint density at radius 3 is 2.94 bits per heavy atom. The number of morpholine rings is 1. The second-order valence-electron chi connectivity index (χ2n) is 8.28. The summed E-state index contributed by atoms with van der Waals surface area (Å²) < 4.78 is 8.31. The molecular formula is C24H22N6O2S. The van der Waals surface area contributed by atoms with Crippen LogP contribution < -0.4 is 10.5 Å². The number of nitrogens with zero attached hydrogens (tertiary/aromatic N) is 5. The largest absolute Gasteiger partial charge is 0.377 e. The van der Waals surface area contributed by atoms with E-state index in [0.717, 1.165) is 50.3 Å². The molecule has 5 aromatic rings. The highest BCUT2D eigenvalue weighted by atomic mass is 32.1. The van der Waals surface area contributed by atoms with E-state index in [1.807, 2.05) is 30.6 Å². The van der Waals surface area contributed by atoms with E-state index in [4.69, 9.17) is 14.7 Å². The number of hydrogen-bond acceptors (Lipinski definition) is 7. The van der Waals surface area contributed by atoms with Crippen LogP contribution in [0.25, 0.3) is 43.8 Å². The van der Waals surface area contributed by atoms with Crippen LogP contribution >= 0.6 is 11.3 Å². The molecule has 1 N–H and O–H groups in total. The first kappa shape index (κ1) is 20.1. The first-order valence-electron chi connectivity index (χ1n) is 10.8. The summed E-state index contributed by atoms with van der Waals surface area (Å²) >= 11 is 1.64. The Balaban J connectivity index is 1.63. The fourth-order valence-corrected chi connectivity index (χ4v) is 5.39. The summed E-state index contributed by atoms with van der Waals surface area (Å²) in [7, 11) is 1.77. The molecule has 0 bridgehead atoms. The molecule has 9 heteroatoms. The molecule has 0 aliphatic carbocycles. The van der Waals surface area contributed by atoms with Gasteiger partial charge in [-0.05, 0) is 25.1 Å². The minimum atomic E-state index is -0.0388. The fraction of sp³-hybridized carbons (Fsp3) is 0.250. The van der Waals surface area contributed by atoms with Gasteiger partial charge in [0.25, 0.3) is 0 Å². The number of hydrogen-bond donors (Lipinski definition) is 1. The lowest BCUT2D eigenvalue weighted by atomic mass is 10.1. The summed E-state index contributed by atoms with van der Waals surface area (Å²) in [6, 6.07) is 7.63. The quantitative estimate of drug-likeness (QED) is 0.442. The van der Waals surface area contributed by atoms with Gasteiger partial charge in [0.2, 0.25) is 5.56 Å². The predicted octanol–water partition coefficient (Wildman–Crippen LogP) is 3.83. The molecule has 6 heterocycles. The molecule has 1 fully saturated rings. The maximum absolute atomic E-state index is 12.0. The van der Waals surface area contributed by atoms with Crippen molar-refractivity contribution in [1.82, 2.24) is 24.5 Å². The summed E-state index contributed by atoms with van der Waals surface area (Å²) in [4.78, 5) is 32.0. The van der Waals surface area contributed by atoms with Crippen LogP contribution in [-0.4, -0.2) is 50.3 Å². The Kier molecular flexibility index (Phi) is 4.74. The van der Waals surface area contributed by atoms with Crippen molar-refractivity contribution in [1.29, 1.82) is 0 Å². The van der Waals surface area contributed by atoms with Gasteiger partial charge in [-0.15, -0.1) is 11.3 Å². The number of fused-ring (bicyclic) bond motifs is 2. The second-order valence-corrected chi connectivity index (χ2v) is 9.16. The van der Waals surface area contributed by atoms with E-state index in [1.165, 1.54) is 0 Å². The highest BCUT2D eigenvalue weighted by molar-refractivity contribution is 7.18. The van der Waals surface area contributed by atoms with Gasteiger partial charge >= 0.3 is 0 Å². The number of thiophene rings is 1. The molecule has 1 saturated heterocycles. The fourth-order valence-electron chi connectivity index (χ4n) is 4.37. The molecule has 1 aliphatic rings. The molecule has 0 amide bonds. The predicted molar refractivity (Wildman–Crippen MR) is 131 cm³/mol.